The molecule has 4 atom stereocenters. The molecule has 200 valence electrons. The lowest BCUT2D eigenvalue weighted by Crippen LogP contribution is -2.56. The van der Waals surface area contributed by atoms with Gasteiger partial charge in [0.05, 0.1) is 43.3 Å². The number of aliphatic hydroxyl groups is 1. The van der Waals surface area contributed by atoms with E-state index in [4.69, 9.17) is 9.47 Å². The highest BCUT2D eigenvalue weighted by atomic mass is 16.5. The summed E-state index contributed by atoms with van der Waals surface area (Å²) in [7, 11) is 2.97. The summed E-state index contributed by atoms with van der Waals surface area (Å²) in [6.45, 7) is 3.90. The molecular weight excluding hydrogens is 488 g/mol. The number of ketones is 1. The van der Waals surface area contributed by atoms with Gasteiger partial charge in [0.1, 0.15) is 23.2 Å². The third-order valence-electron chi connectivity index (χ3n) is 6.92. The number of hydrogen-bond donors (Lipinski definition) is 3. The predicted molar refractivity (Wildman–Crippen MR) is 141 cm³/mol. The number of hydrogen-bond acceptors (Lipinski definition) is 7. The Hall–Kier alpha value is -4.18. The summed E-state index contributed by atoms with van der Waals surface area (Å²) in [5.41, 5.74) is -0.432. The number of anilines is 2. The van der Waals surface area contributed by atoms with Crippen LogP contribution in [0.5, 0.6) is 11.5 Å². The van der Waals surface area contributed by atoms with Crippen LogP contribution in [0.15, 0.2) is 60.9 Å². The molecule has 4 unspecified atom stereocenters. The maximum absolute atomic E-state index is 13.8. The molecule has 4 rings (SSSR count). The van der Waals surface area contributed by atoms with Crippen LogP contribution in [0.4, 0.5) is 11.4 Å². The van der Waals surface area contributed by atoms with Gasteiger partial charge in [-0.25, -0.2) is 0 Å². The van der Waals surface area contributed by atoms with Gasteiger partial charge in [0.15, 0.2) is 0 Å². The second-order valence-electron chi connectivity index (χ2n) is 9.49. The molecule has 1 fully saturated rings. The number of carbonyl (C=O) groups is 3. The lowest BCUT2D eigenvalue weighted by Gasteiger charge is -2.44. The highest BCUT2D eigenvalue weighted by molar-refractivity contribution is 6.11. The molecule has 1 heterocycles. The molecule has 3 N–H and O–H groups in total. The number of nitrogens with one attached hydrogen (secondary N) is 2. The number of Topliss-reactive ketones (excluding diaryl/α,β-unsaturated/α-hetero) is 1. The first kappa shape index (κ1) is 26.9. The number of aryl methyl sites for hydroxylation is 1. The SMILES string of the molecule is CCn1cc(C2C(C(=O)Nc3ccccc3OC)C(=O)CC(C)(O)C2C(=O)Nc2ccccc2OC)cn1. The lowest BCUT2D eigenvalue weighted by molar-refractivity contribution is -0.150. The normalized spacial score (nSPS) is 23.0. The van der Waals surface area contributed by atoms with Gasteiger partial charge >= 0.3 is 0 Å². The van der Waals surface area contributed by atoms with E-state index in [1.807, 2.05) is 6.92 Å². The van der Waals surface area contributed by atoms with Crippen molar-refractivity contribution in [2.24, 2.45) is 11.8 Å². The van der Waals surface area contributed by atoms with Crippen LogP contribution >= 0.6 is 0 Å². The summed E-state index contributed by atoms with van der Waals surface area (Å²) in [5.74, 6) is -4.16. The zero-order valence-corrected chi connectivity index (χ0v) is 21.8. The summed E-state index contributed by atoms with van der Waals surface area (Å²) in [6.07, 6.45) is 2.86. The zero-order valence-electron chi connectivity index (χ0n) is 21.8. The van der Waals surface area contributed by atoms with E-state index in [9.17, 15) is 19.5 Å². The Bertz CT molecular complexity index is 1330. The number of ether oxygens (including phenoxy) is 2. The number of nitrogens with zero attached hydrogens (tertiary/aromatic N) is 2. The lowest BCUT2D eigenvalue weighted by atomic mass is 9.61. The Morgan fingerprint density at radius 1 is 1.03 bits per heavy atom. The number of amides is 2. The van der Waals surface area contributed by atoms with Gasteiger partial charge in [0.2, 0.25) is 11.8 Å². The molecule has 0 radical (unpaired) electrons. The van der Waals surface area contributed by atoms with E-state index >= 15 is 0 Å². The van der Waals surface area contributed by atoms with Gasteiger partial charge in [-0.1, -0.05) is 24.3 Å². The fraction of sp³-hybridized carbons (Fsp3) is 0.357. The first-order chi connectivity index (χ1) is 18.2. The van der Waals surface area contributed by atoms with Gasteiger partial charge in [-0.15, -0.1) is 0 Å². The minimum Gasteiger partial charge on any atom is -0.495 e. The molecule has 1 saturated carbocycles. The number of carbonyl (C=O) groups excluding carboxylic acids is 3. The maximum Gasteiger partial charge on any atom is 0.235 e. The third-order valence-corrected chi connectivity index (χ3v) is 6.92. The molecule has 0 bridgehead atoms. The summed E-state index contributed by atoms with van der Waals surface area (Å²) >= 11 is 0. The first-order valence-corrected chi connectivity index (χ1v) is 12.3. The molecule has 0 spiro atoms. The molecule has 0 saturated heterocycles. The monoisotopic (exact) mass is 520 g/mol. The Kier molecular flexibility index (Phi) is 7.82. The summed E-state index contributed by atoms with van der Waals surface area (Å²) in [4.78, 5) is 41.0. The molecule has 1 aromatic heterocycles. The van der Waals surface area contributed by atoms with Gasteiger partial charge in [-0.2, -0.15) is 5.10 Å². The standard InChI is InChI=1S/C28H32N4O6/c1-5-32-16-17(15-29-32)23-24(26(34)30-18-10-6-8-12-21(18)37-3)20(33)14-28(2,36)25(23)27(35)31-19-11-7-9-13-22(19)38-4/h6-13,15-16,23-25,36H,5,14H2,1-4H3,(H,30,34)(H,31,35). The molecule has 3 aromatic rings. The van der Waals surface area contributed by atoms with Crippen LogP contribution < -0.4 is 20.1 Å². The topological polar surface area (TPSA) is 132 Å². The van der Waals surface area contributed by atoms with Gasteiger partial charge in [0, 0.05) is 25.1 Å². The molecule has 2 aromatic carbocycles. The Labute approximate surface area is 220 Å². The fourth-order valence-corrected chi connectivity index (χ4v) is 5.13. The van der Waals surface area contributed by atoms with Crippen molar-refractivity contribution in [3.8, 4) is 11.5 Å². The van der Waals surface area contributed by atoms with Gasteiger partial charge in [-0.05, 0) is 43.7 Å². The average molecular weight is 521 g/mol. The second kappa shape index (κ2) is 11.1. The molecule has 10 nitrogen and oxygen atoms in total. The zero-order chi connectivity index (χ0) is 27.4. The first-order valence-electron chi connectivity index (χ1n) is 12.3. The Morgan fingerprint density at radius 2 is 1.58 bits per heavy atom. The van der Waals surface area contributed by atoms with E-state index < -0.39 is 41.0 Å². The smallest absolute Gasteiger partial charge is 0.235 e. The summed E-state index contributed by atoms with van der Waals surface area (Å²) < 4.78 is 12.3. The van der Waals surface area contributed by atoms with E-state index in [1.165, 1.54) is 27.3 Å². The van der Waals surface area contributed by atoms with Crippen LogP contribution in [-0.2, 0) is 20.9 Å². The second-order valence-corrected chi connectivity index (χ2v) is 9.49. The van der Waals surface area contributed by atoms with Crippen molar-refractivity contribution in [3.63, 3.8) is 0 Å². The minimum atomic E-state index is -1.73. The highest BCUT2D eigenvalue weighted by Crippen LogP contribution is 2.47. The Balaban J connectivity index is 1.77. The van der Waals surface area contributed by atoms with E-state index in [1.54, 1.807) is 59.4 Å². The van der Waals surface area contributed by atoms with E-state index in [0.717, 1.165) is 0 Å². The number of aromatic nitrogens is 2. The average Bonchev–Trinajstić information content (AvgIpc) is 3.37. The van der Waals surface area contributed by atoms with Crippen molar-refractivity contribution < 1.29 is 29.0 Å². The van der Waals surface area contributed by atoms with Crippen molar-refractivity contribution in [3.05, 3.63) is 66.5 Å². The molecule has 2 amide bonds. The molecule has 1 aliphatic carbocycles. The van der Waals surface area contributed by atoms with E-state index in [0.29, 0.717) is 35.0 Å². The number of benzene rings is 2. The van der Waals surface area contributed by atoms with Gasteiger partial charge in [0.25, 0.3) is 0 Å². The molecule has 10 heteroatoms. The number of rotatable bonds is 8. The maximum atomic E-state index is 13.8. The largest absolute Gasteiger partial charge is 0.495 e. The Morgan fingerprint density at radius 3 is 2.11 bits per heavy atom. The van der Waals surface area contributed by atoms with E-state index in [2.05, 4.69) is 15.7 Å². The number of methoxy groups -OCH3 is 2. The fourth-order valence-electron chi connectivity index (χ4n) is 5.13. The van der Waals surface area contributed by atoms with Crippen molar-refractivity contribution >= 4 is 29.0 Å². The molecular formula is C28H32N4O6. The summed E-state index contributed by atoms with van der Waals surface area (Å²) in [5, 5.41) is 21.4. The quantitative estimate of drug-likeness (QED) is 0.389. The highest BCUT2D eigenvalue weighted by Gasteiger charge is 2.56. The van der Waals surface area contributed by atoms with Crippen LogP contribution in [0, 0.1) is 11.8 Å². The van der Waals surface area contributed by atoms with Gasteiger partial charge < -0.3 is 25.2 Å². The van der Waals surface area contributed by atoms with Crippen molar-refractivity contribution in [2.45, 2.75) is 38.3 Å². The van der Waals surface area contributed by atoms with Crippen molar-refractivity contribution in [1.29, 1.82) is 0 Å². The molecule has 1 aliphatic rings. The van der Waals surface area contributed by atoms with Gasteiger partial charge in [-0.3, -0.25) is 19.1 Å². The number of para-hydroxylation sites is 4. The van der Waals surface area contributed by atoms with E-state index in [-0.39, 0.29) is 6.42 Å². The van der Waals surface area contributed by atoms with Crippen LogP contribution in [0.2, 0.25) is 0 Å². The predicted octanol–water partition coefficient (Wildman–Crippen LogP) is 3.24. The van der Waals surface area contributed by atoms with Crippen LogP contribution in [0.25, 0.3) is 0 Å². The minimum absolute atomic E-state index is 0.376. The van der Waals surface area contributed by atoms with Crippen molar-refractivity contribution in [1.82, 2.24) is 9.78 Å². The molecule has 0 aliphatic heterocycles. The van der Waals surface area contributed by atoms with Crippen molar-refractivity contribution in [2.75, 3.05) is 24.9 Å². The van der Waals surface area contributed by atoms with Crippen LogP contribution in [0.1, 0.15) is 31.7 Å². The van der Waals surface area contributed by atoms with Crippen LogP contribution in [0.3, 0.4) is 0 Å². The molecule has 38 heavy (non-hydrogen) atoms. The summed E-state index contributed by atoms with van der Waals surface area (Å²) in [6, 6.07) is 13.7. The van der Waals surface area contributed by atoms with Crippen LogP contribution in [-0.4, -0.2) is 52.3 Å². The third kappa shape index (κ3) is 5.26.